The van der Waals surface area contributed by atoms with Gasteiger partial charge in [0.25, 0.3) is 5.91 Å². The molecular formula is C26H30F3N5O4. The molecule has 9 nitrogen and oxygen atoms in total. The average molecular weight is 534 g/mol. The number of likely N-dealkylation sites (tertiary alicyclic amines) is 1. The molecule has 0 aliphatic carbocycles. The molecule has 4 rings (SSSR count). The van der Waals surface area contributed by atoms with E-state index in [1.165, 1.54) is 11.0 Å². The van der Waals surface area contributed by atoms with Gasteiger partial charge in [0.05, 0.1) is 11.4 Å². The standard InChI is InChI=1S/C26H30F3N5O4/c1-25(2)23(36)34(24(37)33(25)17-18-8-11-30-12-9-18)19-6-7-21(38-26(27,28)29)20(16-19)31-22(35)10-15-32-13-4-3-5-14-32/h6-9,11-12,16H,3-5,10,13-15,17H2,1-2H3,(H,31,35). The Morgan fingerprint density at radius 3 is 2.42 bits per heavy atom. The molecule has 38 heavy (non-hydrogen) atoms. The number of alkyl halides is 3. The van der Waals surface area contributed by atoms with Crippen LogP contribution in [0.4, 0.5) is 29.3 Å². The number of imide groups is 1. The van der Waals surface area contributed by atoms with Crippen LogP contribution in [0.1, 0.15) is 45.1 Å². The second kappa shape index (κ2) is 11.0. The van der Waals surface area contributed by atoms with Crippen molar-refractivity contribution in [1.82, 2.24) is 14.8 Å². The first-order valence-electron chi connectivity index (χ1n) is 12.4. The highest BCUT2D eigenvalue weighted by Crippen LogP contribution is 2.38. The molecule has 1 N–H and O–H groups in total. The van der Waals surface area contributed by atoms with Gasteiger partial charge < -0.3 is 19.9 Å². The lowest BCUT2D eigenvalue weighted by molar-refractivity contribution is -0.274. The highest BCUT2D eigenvalue weighted by Gasteiger charge is 2.52. The van der Waals surface area contributed by atoms with Gasteiger partial charge >= 0.3 is 12.4 Å². The Morgan fingerprint density at radius 2 is 1.76 bits per heavy atom. The maximum absolute atomic E-state index is 13.4. The summed E-state index contributed by atoms with van der Waals surface area (Å²) in [5, 5.41) is 2.48. The summed E-state index contributed by atoms with van der Waals surface area (Å²) in [6.07, 6.45) is 1.43. The van der Waals surface area contributed by atoms with Gasteiger partial charge in [-0.05, 0) is 75.7 Å². The number of urea groups is 1. The van der Waals surface area contributed by atoms with Crippen LogP contribution in [0.25, 0.3) is 0 Å². The number of anilines is 2. The van der Waals surface area contributed by atoms with Crippen LogP contribution in [0.2, 0.25) is 0 Å². The Morgan fingerprint density at radius 1 is 1.08 bits per heavy atom. The number of amides is 4. The summed E-state index contributed by atoms with van der Waals surface area (Å²) in [5.41, 5.74) is -0.730. The van der Waals surface area contributed by atoms with Crippen molar-refractivity contribution in [1.29, 1.82) is 0 Å². The van der Waals surface area contributed by atoms with Gasteiger partial charge in [-0.25, -0.2) is 9.69 Å². The molecule has 0 bridgehead atoms. The first kappa shape index (κ1) is 27.4. The second-order valence-corrected chi connectivity index (χ2v) is 9.85. The highest BCUT2D eigenvalue weighted by atomic mass is 19.4. The van der Waals surface area contributed by atoms with Gasteiger partial charge in [-0.15, -0.1) is 13.2 Å². The molecule has 2 aliphatic heterocycles. The van der Waals surface area contributed by atoms with Gasteiger partial charge in [0, 0.05) is 31.9 Å². The molecule has 0 saturated carbocycles. The number of hydrogen-bond donors (Lipinski definition) is 1. The maximum atomic E-state index is 13.4. The van der Waals surface area contributed by atoms with E-state index in [4.69, 9.17) is 0 Å². The molecule has 2 saturated heterocycles. The number of pyridine rings is 1. The number of aromatic nitrogens is 1. The summed E-state index contributed by atoms with van der Waals surface area (Å²) in [5.74, 6) is -1.69. The third kappa shape index (κ3) is 6.24. The van der Waals surface area contributed by atoms with Gasteiger partial charge in [-0.1, -0.05) is 6.42 Å². The van der Waals surface area contributed by atoms with Crippen LogP contribution in [0.15, 0.2) is 42.7 Å². The van der Waals surface area contributed by atoms with Crippen molar-refractivity contribution in [3.63, 3.8) is 0 Å². The van der Waals surface area contributed by atoms with Gasteiger partial charge in [-0.2, -0.15) is 0 Å². The fourth-order valence-electron chi connectivity index (χ4n) is 4.62. The van der Waals surface area contributed by atoms with Crippen LogP contribution < -0.4 is 15.0 Å². The third-order valence-electron chi connectivity index (χ3n) is 6.74. The lowest BCUT2D eigenvalue weighted by atomic mass is 10.0. The molecule has 2 aliphatic rings. The van der Waals surface area contributed by atoms with E-state index in [-0.39, 0.29) is 24.3 Å². The maximum Gasteiger partial charge on any atom is 0.573 e. The zero-order chi connectivity index (χ0) is 27.5. The van der Waals surface area contributed by atoms with E-state index >= 15 is 0 Å². The molecule has 1 aromatic carbocycles. The number of rotatable bonds is 8. The van der Waals surface area contributed by atoms with Crippen LogP contribution in [0, 0.1) is 0 Å². The van der Waals surface area contributed by atoms with Crippen LogP contribution in [-0.2, 0) is 16.1 Å². The molecule has 3 heterocycles. The number of hydrogen-bond acceptors (Lipinski definition) is 6. The fourth-order valence-corrected chi connectivity index (χ4v) is 4.62. The Kier molecular flexibility index (Phi) is 7.91. The van der Waals surface area contributed by atoms with E-state index in [0.717, 1.165) is 54.9 Å². The fraction of sp³-hybridized carbons (Fsp3) is 0.462. The zero-order valence-electron chi connectivity index (χ0n) is 21.3. The molecular weight excluding hydrogens is 503 g/mol. The number of nitrogens with one attached hydrogen (secondary N) is 1. The molecule has 4 amide bonds. The summed E-state index contributed by atoms with van der Waals surface area (Å²) < 4.78 is 43.3. The summed E-state index contributed by atoms with van der Waals surface area (Å²) in [6.45, 7) is 5.54. The molecule has 2 aromatic rings. The minimum atomic E-state index is -5.00. The molecule has 204 valence electrons. The van der Waals surface area contributed by atoms with Gasteiger partial charge in [-0.3, -0.25) is 14.6 Å². The number of benzene rings is 1. The second-order valence-electron chi connectivity index (χ2n) is 9.85. The van der Waals surface area contributed by atoms with Gasteiger partial charge in [0.2, 0.25) is 5.91 Å². The number of halogens is 3. The minimum Gasteiger partial charge on any atom is -0.404 e. The first-order valence-corrected chi connectivity index (χ1v) is 12.4. The number of ether oxygens (including phenoxy) is 1. The number of nitrogens with zero attached hydrogens (tertiary/aromatic N) is 4. The summed E-state index contributed by atoms with van der Waals surface area (Å²) in [6, 6.07) is 6.13. The minimum absolute atomic E-state index is 0.0196. The molecule has 1 aromatic heterocycles. The van der Waals surface area contributed by atoms with Crippen LogP contribution in [0.5, 0.6) is 5.75 Å². The van der Waals surface area contributed by atoms with Crippen molar-refractivity contribution >= 4 is 29.2 Å². The van der Waals surface area contributed by atoms with Gasteiger partial charge in [0.15, 0.2) is 5.75 Å². The first-order chi connectivity index (χ1) is 18.0. The number of carbonyl (C=O) groups excluding carboxylic acids is 3. The van der Waals surface area contributed by atoms with Crippen molar-refractivity contribution in [3.8, 4) is 5.75 Å². The SMILES string of the molecule is CC1(C)C(=O)N(c2ccc(OC(F)(F)F)c(NC(=O)CCN3CCCCC3)c2)C(=O)N1Cc1ccncc1. The third-order valence-corrected chi connectivity index (χ3v) is 6.74. The quantitative estimate of drug-likeness (QED) is 0.501. The Labute approximate surface area is 218 Å². The van der Waals surface area contributed by atoms with Crippen LogP contribution in [0.3, 0.4) is 0 Å². The topological polar surface area (TPSA) is 95.1 Å². The predicted octanol–water partition coefficient (Wildman–Crippen LogP) is 4.54. The van der Waals surface area contributed by atoms with Crippen molar-refractivity contribution in [2.45, 2.75) is 58.0 Å². The molecule has 0 unspecified atom stereocenters. The molecule has 0 atom stereocenters. The van der Waals surface area contributed by atoms with E-state index in [1.54, 1.807) is 38.4 Å². The van der Waals surface area contributed by atoms with E-state index in [9.17, 15) is 27.6 Å². The molecule has 0 spiro atoms. The van der Waals surface area contributed by atoms with Gasteiger partial charge in [0.1, 0.15) is 5.54 Å². The van der Waals surface area contributed by atoms with Crippen molar-refractivity contribution in [3.05, 3.63) is 48.3 Å². The molecule has 0 radical (unpaired) electrons. The predicted molar refractivity (Wildman–Crippen MR) is 133 cm³/mol. The Hall–Kier alpha value is -3.67. The van der Waals surface area contributed by atoms with Crippen LogP contribution in [-0.4, -0.2) is 64.2 Å². The highest BCUT2D eigenvalue weighted by molar-refractivity contribution is 6.23. The average Bonchev–Trinajstić information content (AvgIpc) is 3.03. The lowest BCUT2D eigenvalue weighted by Crippen LogP contribution is -2.43. The Bertz CT molecular complexity index is 1180. The van der Waals surface area contributed by atoms with E-state index in [1.807, 2.05) is 0 Å². The summed E-state index contributed by atoms with van der Waals surface area (Å²) >= 11 is 0. The van der Waals surface area contributed by atoms with Crippen molar-refractivity contribution in [2.75, 3.05) is 29.9 Å². The lowest BCUT2D eigenvalue weighted by Gasteiger charge is -2.27. The largest absolute Gasteiger partial charge is 0.573 e. The Balaban J connectivity index is 1.57. The summed E-state index contributed by atoms with van der Waals surface area (Å²) in [4.78, 5) is 47.7. The summed E-state index contributed by atoms with van der Waals surface area (Å²) in [7, 11) is 0. The van der Waals surface area contributed by atoms with Crippen molar-refractivity contribution < 1.29 is 32.3 Å². The molecule has 2 fully saturated rings. The zero-order valence-corrected chi connectivity index (χ0v) is 21.3. The van der Waals surface area contributed by atoms with Crippen LogP contribution >= 0.6 is 0 Å². The van der Waals surface area contributed by atoms with E-state index < -0.39 is 35.5 Å². The van der Waals surface area contributed by atoms with Crippen molar-refractivity contribution in [2.24, 2.45) is 0 Å². The smallest absolute Gasteiger partial charge is 0.404 e. The molecule has 12 heteroatoms. The normalized spacial score (nSPS) is 18.1. The number of piperidine rings is 1. The van der Waals surface area contributed by atoms with E-state index in [2.05, 4.69) is 19.9 Å². The van der Waals surface area contributed by atoms with E-state index in [0.29, 0.717) is 6.54 Å². The number of carbonyl (C=O) groups is 3. The monoisotopic (exact) mass is 533 g/mol.